The summed E-state index contributed by atoms with van der Waals surface area (Å²) in [6.45, 7) is 9.46. The first-order valence-corrected chi connectivity index (χ1v) is 8.60. The van der Waals surface area contributed by atoms with Crippen molar-refractivity contribution in [3.63, 3.8) is 0 Å². The van der Waals surface area contributed by atoms with Crippen LogP contribution >= 0.6 is 12.4 Å². The second-order valence-corrected chi connectivity index (χ2v) is 9.67. The molecule has 0 bridgehead atoms. The molecule has 4 heteroatoms. The first-order valence-electron chi connectivity index (χ1n) is 5.15. The zero-order valence-electron chi connectivity index (χ0n) is 9.95. The summed E-state index contributed by atoms with van der Waals surface area (Å²) in [7, 11) is 1.02. The van der Waals surface area contributed by atoms with Crippen LogP contribution in [0.4, 0.5) is 0 Å². The van der Waals surface area contributed by atoms with E-state index >= 15 is 0 Å². The summed E-state index contributed by atoms with van der Waals surface area (Å²) >= 11 is 0. The normalized spacial score (nSPS) is 21.4. The van der Waals surface area contributed by atoms with E-state index in [0.29, 0.717) is 6.17 Å². The van der Waals surface area contributed by atoms with Crippen molar-refractivity contribution in [2.45, 2.75) is 45.6 Å². The molecule has 1 heterocycles. The molecule has 14 heavy (non-hydrogen) atoms. The highest BCUT2D eigenvalue weighted by Crippen LogP contribution is 2.24. The van der Waals surface area contributed by atoms with E-state index in [1.165, 1.54) is 12.8 Å². The van der Waals surface area contributed by atoms with Gasteiger partial charge in [0.25, 0.3) is 0 Å². The molecule has 0 saturated heterocycles. The summed E-state index contributed by atoms with van der Waals surface area (Å²) in [6, 6.07) is 0. The minimum atomic E-state index is -1.16. The van der Waals surface area contributed by atoms with Crippen molar-refractivity contribution in [3.05, 3.63) is 12.4 Å². The van der Waals surface area contributed by atoms with Crippen molar-refractivity contribution < 1.29 is 0 Å². The second kappa shape index (κ2) is 5.08. The molecule has 0 aromatic heterocycles. The third-order valence-corrected chi connectivity index (χ3v) is 4.57. The molecule has 0 fully saturated rings. The van der Waals surface area contributed by atoms with Gasteiger partial charge in [0.1, 0.15) is 8.24 Å². The fourth-order valence-electron chi connectivity index (χ4n) is 1.84. The van der Waals surface area contributed by atoms with E-state index in [-0.39, 0.29) is 12.4 Å². The molecule has 0 aromatic carbocycles. The summed E-state index contributed by atoms with van der Waals surface area (Å²) in [5.41, 5.74) is 0. The van der Waals surface area contributed by atoms with Gasteiger partial charge in [0.2, 0.25) is 0 Å². The Morgan fingerprint density at radius 2 is 1.79 bits per heavy atom. The molecule has 0 aromatic rings. The Morgan fingerprint density at radius 3 is 2.21 bits per heavy atom. The highest BCUT2D eigenvalue weighted by atomic mass is 35.5. The van der Waals surface area contributed by atoms with Gasteiger partial charge in [-0.3, -0.25) is 0 Å². The van der Waals surface area contributed by atoms with Crippen LogP contribution < -0.4 is 0 Å². The first kappa shape index (κ1) is 13.8. The number of hydrogen-bond acceptors (Lipinski definition) is 2. The maximum absolute atomic E-state index is 2.58. The fourth-order valence-corrected chi connectivity index (χ4v) is 3.56. The number of nitrogens with zero attached hydrogens (tertiary/aromatic N) is 2. The molecular formula is C10H23ClN2Si. The van der Waals surface area contributed by atoms with Crippen LogP contribution in [0.2, 0.25) is 19.6 Å². The maximum atomic E-state index is 2.58. The lowest BCUT2D eigenvalue weighted by Gasteiger charge is -2.38. The van der Waals surface area contributed by atoms with E-state index in [4.69, 9.17) is 0 Å². The molecule has 1 aliphatic heterocycles. The van der Waals surface area contributed by atoms with Crippen LogP contribution in [-0.4, -0.2) is 30.9 Å². The summed E-state index contributed by atoms with van der Waals surface area (Å²) < 4.78 is 2.58. The number of halogens is 1. The zero-order valence-corrected chi connectivity index (χ0v) is 11.8. The molecule has 1 aliphatic rings. The Balaban J connectivity index is 0.00000169. The van der Waals surface area contributed by atoms with Gasteiger partial charge >= 0.3 is 0 Å². The van der Waals surface area contributed by atoms with Crippen molar-refractivity contribution in [1.29, 1.82) is 0 Å². The smallest absolute Gasteiger partial charge is 0.149 e. The van der Waals surface area contributed by atoms with Crippen molar-refractivity contribution in [1.82, 2.24) is 9.47 Å². The molecule has 0 aliphatic carbocycles. The first-order chi connectivity index (χ1) is 5.96. The SMILES string of the molecule is CCCC1N(C)C=CN1[Si](C)(C)C.Cl. The van der Waals surface area contributed by atoms with Gasteiger partial charge < -0.3 is 9.47 Å². The Bertz CT molecular complexity index is 201. The van der Waals surface area contributed by atoms with Crippen LogP contribution in [0, 0.1) is 0 Å². The van der Waals surface area contributed by atoms with Crippen molar-refractivity contribution in [3.8, 4) is 0 Å². The lowest BCUT2D eigenvalue weighted by Crippen LogP contribution is -2.50. The van der Waals surface area contributed by atoms with Crippen LogP contribution in [-0.2, 0) is 0 Å². The van der Waals surface area contributed by atoms with E-state index in [1.807, 2.05) is 0 Å². The Morgan fingerprint density at radius 1 is 1.21 bits per heavy atom. The highest BCUT2D eigenvalue weighted by Gasteiger charge is 2.32. The second-order valence-electron chi connectivity index (χ2n) is 4.81. The van der Waals surface area contributed by atoms with Crippen LogP contribution in [0.25, 0.3) is 0 Å². The van der Waals surface area contributed by atoms with E-state index in [2.05, 4.69) is 55.5 Å². The lowest BCUT2D eigenvalue weighted by molar-refractivity contribution is 0.229. The molecule has 1 rings (SSSR count). The third kappa shape index (κ3) is 2.92. The summed E-state index contributed by atoms with van der Waals surface area (Å²) in [5.74, 6) is 0. The van der Waals surface area contributed by atoms with Gasteiger partial charge in [-0.1, -0.05) is 33.0 Å². The molecule has 0 spiro atoms. The minimum absolute atomic E-state index is 0. The standard InChI is InChI=1S/C10H22N2Si.ClH/c1-6-7-10-11(2)8-9-12(10)13(3,4)5;/h8-10H,6-7H2,1-5H3;1H. The van der Waals surface area contributed by atoms with E-state index < -0.39 is 8.24 Å². The van der Waals surface area contributed by atoms with Gasteiger partial charge in [0.15, 0.2) is 0 Å². The molecule has 0 N–H and O–H groups in total. The molecular weight excluding hydrogens is 212 g/mol. The lowest BCUT2D eigenvalue weighted by atomic mass is 10.3. The summed E-state index contributed by atoms with van der Waals surface area (Å²) in [4.78, 5) is 2.34. The Hall–Kier alpha value is -0.153. The van der Waals surface area contributed by atoms with Crippen molar-refractivity contribution in [2.24, 2.45) is 0 Å². The average Bonchev–Trinajstić information content (AvgIpc) is 2.32. The summed E-state index contributed by atoms with van der Waals surface area (Å²) in [5, 5.41) is 0. The molecule has 1 atom stereocenters. The van der Waals surface area contributed by atoms with Crippen LogP contribution in [0.1, 0.15) is 19.8 Å². The molecule has 0 amide bonds. The average molecular weight is 235 g/mol. The zero-order chi connectivity index (χ0) is 10.1. The topological polar surface area (TPSA) is 6.48 Å². The van der Waals surface area contributed by atoms with E-state index in [9.17, 15) is 0 Å². The van der Waals surface area contributed by atoms with Gasteiger partial charge in [-0.2, -0.15) is 0 Å². The van der Waals surface area contributed by atoms with Crippen molar-refractivity contribution in [2.75, 3.05) is 7.05 Å². The molecule has 0 saturated carbocycles. The molecule has 84 valence electrons. The molecule has 0 radical (unpaired) electrons. The van der Waals surface area contributed by atoms with E-state index in [0.717, 1.165) is 0 Å². The predicted octanol–water partition coefficient (Wildman–Crippen LogP) is 3.09. The fraction of sp³-hybridized carbons (Fsp3) is 0.800. The Kier molecular flexibility index (Phi) is 5.02. The summed E-state index contributed by atoms with van der Waals surface area (Å²) in [6.07, 6.45) is 7.63. The monoisotopic (exact) mass is 234 g/mol. The Labute approximate surface area is 95.5 Å². The van der Waals surface area contributed by atoms with Gasteiger partial charge in [-0.15, -0.1) is 12.4 Å². The highest BCUT2D eigenvalue weighted by molar-refractivity contribution is 6.73. The largest absolute Gasteiger partial charge is 0.384 e. The minimum Gasteiger partial charge on any atom is -0.384 e. The number of hydrogen-bond donors (Lipinski definition) is 0. The van der Waals surface area contributed by atoms with Gasteiger partial charge in [-0.05, 0) is 6.42 Å². The molecule has 2 nitrogen and oxygen atoms in total. The number of rotatable bonds is 3. The van der Waals surface area contributed by atoms with Crippen LogP contribution in [0.3, 0.4) is 0 Å². The van der Waals surface area contributed by atoms with Gasteiger partial charge in [0.05, 0.1) is 6.17 Å². The van der Waals surface area contributed by atoms with E-state index in [1.54, 1.807) is 0 Å². The predicted molar refractivity (Wildman–Crippen MR) is 68.0 cm³/mol. The maximum Gasteiger partial charge on any atom is 0.149 e. The molecule has 1 unspecified atom stereocenters. The van der Waals surface area contributed by atoms with Crippen LogP contribution in [0.15, 0.2) is 12.4 Å². The third-order valence-electron chi connectivity index (χ3n) is 2.58. The van der Waals surface area contributed by atoms with Crippen LogP contribution in [0.5, 0.6) is 0 Å². The van der Waals surface area contributed by atoms with Crippen molar-refractivity contribution >= 4 is 20.6 Å². The van der Waals surface area contributed by atoms with Gasteiger partial charge in [0, 0.05) is 19.4 Å². The quantitative estimate of drug-likeness (QED) is 0.693. The van der Waals surface area contributed by atoms with Gasteiger partial charge in [-0.25, -0.2) is 0 Å².